The number of nitrogens with one attached hydrogen (secondary N) is 1. The van der Waals surface area contributed by atoms with Crippen LogP contribution in [0.15, 0.2) is 35.3 Å². The van der Waals surface area contributed by atoms with Gasteiger partial charge in [-0.25, -0.2) is 4.39 Å². The molecule has 9 heteroatoms. The number of hydrogen-bond acceptors (Lipinski definition) is 5. The van der Waals surface area contributed by atoms with E-state index in [9.17, 15) is 23.6 Å². The van der Waals surface area contributed by atoms with Crippen molar-refractivity contribution in [2.24, 2.45) is 0 Å². The van der Waals surface area contributed by atoms with Crippen molar-refractivity contribution in [2.45, 2.75) is 45.2 Å². The lowest BCUT2D eigenvalue weighted by atomic mass is 10.1. The maximum Gasteiger partial charge on any atom is 0.308 e. The molecule has 1 heterocycles. The molecular formula is C21H24ClFN2O5. The molecule has 1 aromatic carbocycles. The Morgan fingerprint density at radius 3 is 2.60 bits per heavy atom. The molecule has 1 N–H and O–H groups in total. The predicted molar refractivity (Wildman–Crippen MR) is 111 cm³/mol. The average molecular weight is 439 g/mol. The quantitative estimate of drug-likeness (QED) is 0.575. The molecule has 2 aromatic rings. The summed E-state index contributed by atoms with van der Waals surface area (Å²) in [7, 11) is 0. The Morgan fingerprint density at radius 2 is 1.97 bits per heavy atom. The third-order valence-electron chi connectivity index (χ3n) is 4.59. The van der Waals surface area contributed by atoms with Crippen LogP contribution in [0.3, 0.4) is 0 Å². The van der Waals surface area contributed by atoms with Gasteiger partial charge in [-0.15, -0.1) is 0 Å². The van der Waals surface area contributed by atoms with E-state index in [1.165, 1.54) is 16.8 Å². The molecule has 0 aliphatic heterocycles. The van der Waals surface area contributed by atoms with Crippen molar-refractivity contribution in [3.63, 3.8) is 0 Å². The van der Waals surface area contributed by atoms with E-state index in [4.69, 9.17) is 16.3 Å². The van der Waals surface area contributed by atoms with Crippen LogP contribution >= 0.6 is 11.6 Å². The monoisotopic (exact) mass is 438 g/mol. The highest BCUT2D eigenvalue weighted by Crippen LogP contribution is 2.18. The van der Waals surface area contributed by atoms with Crippen LogP contribution in [0.5, 0.6) is 0 Å². The summed E-state index contributed by atoms with van der Waals surface area (Å²) in [6.45, 7) is 2.33. The fourth-order valence-corrected chi connectivity index (χ4v) is 3.20. The Morgan fingerprint density at radius 1 is 1.23 bits per heavy atom. The smallest absolute Gasteiger partial charge is 0.308 e. The lowest BCUT2D eigenvalue weighted by molar-refractivity contribution is -0.146. The van der Waals surface area contributed by atoms with Gasteiger partial charge in [0.05, 0.1) is 13.0 Å². The van der Waals surface area contributed by atoms with Gasteiger partial charge in [0.2, 0.25) is 5.91 Å². The number of alkyl halides is 1. The van der Waals surface area contributed by atoms with E-state index >= 15 is 0 Å². The number of ether oxygens (including phenoxy) is 1. The zero-order chi connectivity index (χ0) is 22.3. The predicted octanol–water partition coefficient (Wildman–Crippen LogP) is 2.97. The van der Waals surface area contributed by atoms with Crippen molar-refractivity contribution in [3.8, 4) is 0 Å². The molecular weight excluding hydrogens is 415 g/mol. The van der Waals surface area contributed by atoms with E-state index in [1.807, 2.05) is 0 Å². The second-order valence-electron chi connectivity index (χ2n) is 6.77. The van der Waals surface area contributed by atoms with Crippen LogP contribution in [0, 0.1) is 0 Å². The summed E-state index contributed by atoms with van der Waals surface area (Å²) in [5.74, 6) is -2.32. The zero-order valence-corrected chi connectivity index (χ0v) is 17.6. The highest BCUT2D eigenvalue weighted by Gasteiger charge is 2.28. The van der Waals surface area contributed by atoms with Crippen LogP contribution in [0.2, 0.25) is 5.02 Å². The van der Waals surface area contributed by atoms with Crippen LogP contribution in [0.25, 0.3) is 10.8 Å². The van der Waals surface area contributed by atoms with Crippen LogP contribution in [0.4, 0.5) is 4.39 Å². The van der Waals surface area contributed by atoms with Gasteiger partial charge in [0, 0.05) is 16.6 Å². The Labute approximate surface area is 178 Å². The molecule has 0 fully saturated rings. The summed E-state index contributed by atoms with van der Waals surface area (Å²) < 4.78 is 19.1. The number of amides is 1. The van der Waals surface area contributed by atoms with Crippen molar-refractivity contribution in [3.05, 3.63) is 45.8 Å². The van der Waals surface area contributed by atoms with Gasteiger partial charge >= 0.3 is 5.97 Å². The number of carbonyl (C=O) groups is 3. The maximum absolute atomic E-state index is 13.0. The third kappa shape index (κ3) is 5.66. The molecule has 0 saturated carbocycles. The molecule has 2 rings (SSSR count). The first-order chi connectivity index (χ1) is 14.3. The van der Waals surface area contributed by atoms with E-state index < -0.39 is 48.4 Å². The first kappa shape index (κ1) is 23.5. The number of halogens is 2. The molecule has 0 aliphatic rings. The van der Waals surface area contributed by atoms with Gasteiger partial charge in [-0.2, -0.15) is 0 Å². The summed E-state index contributed by atoms with van der Waals surface area (Å²) in [6, 6.07) is 4.22. The van der Waals surface area contributed by atoms with E-state index in [1.54, 1.807) is 32.0 Å². The Kier molecular flexibility index (Phi) is 8.53. The van der Waals surface area contributed by atoms with Crippen molar-refractivity contribution in [1.82, 2.24) is 9.88 Å². The summed E-state index contributed by atoms with van der Waals surface area (Å²) in [5, 5.41) is 3.79. The SMILES string of the molecule is CCCOC(=O)C[C@H](NC(=O)C(CC)n1ccc2ccc(Cl)cc2c1=O)C(=O)CF. The van der Waals surface area contributed by atoms with Gasteiger partial charge in [-0.1, -0.05) is 31.5 Å². The third-order valence-corrected chi connectivity index (χ3v) is 4.83. The topological polar surface area (TPSA) is 94.5 Å². The van der Waals surface area contributed by atoms with Gasteiger partial charge in [0.25, 0.3) is 5.56 Å². The zero-order valence-electron chi connectivity index (χ0n) is 16.8. The Hall–Kier alpha value is -2.74. The molecule has 0 spiro atoms. The summed E-state index contributed by atoms with van der Waals surface area (Å²) in [4.78, 5) is 49.5. The van der Waals surface area contributed by atoms with Crippen molar-refractivity contribution in [1.29, 1.82) is 0 Å². The first-order valence-electron chi connectivity index (χ1n) is 9.67. The molecule has 162 valence electrons. The number of nitrogens with zero attached hydrogens (tertiary/aromatic N) is 1. The maximum atomic E-state index is 13.0. The second kappa shape index (κ2) is 10.9. The van der Waals surface area contributed by atoms with E-state index in [2.05, 4.69) is 5.32 Å². The Balaban J connectivity index is 2.28. The van der Waals surface area contributed by atoms with Crippen molar-refractivity contribution in [2.75, 3.05) is 13.3 Å². The fraction of sp³-hybridized carbons (Fsp3) is 0.429. The lowest BCUT2D eigenvalue weighted by Crippen LogP contribution is -2.47. The number of carbonyl (C=O) groups excluding carboxylic acids is 3. The van der Waals surface area contributed by atoms with Crippen LogP contribution in [-0.2, 0) is 19.1 Å². The molecule has 0 bridgehead atoms. The van der Waals surface area contributed by atoms with Gasteiger partial charge < -0.3 is 14.6 Å². The number of aromatic nitrogens is 1. The van der Waals surface area contributed by atoms with Crippen molar-refractivity contribution < 1.29 is 23.5 Å². The number of pyridine rings is 1. The van der Waals surface area contributed by atoms with E-state index in [0.717, 1.165) is 0 Å². The number of benzene rings is 1. The number of esters is 1. The van der Waals surface area contributed by atoms with Gasteiger partial charge in [0.15, 0.2) is 5.78 Å². The molecule has 1 unspecified atom stereocenters. The average Bonchev–Trinajstić information content (AvgIpc) is 2.73. The highest BCUT2D eigenvalue weighted by atomic mass is 35.5. The van der Waals surface area contributed by atoms with E-state index in [0.29, 0.717) is 22.2 Å². The standard InChI is InChI=1S/C21H24ClFN2O5/c1-3-9-30-19(27)11-16(18(26)12-23)24-20(28)17(4-2)25-8-7-13-5-6-14(22)10-15(13)21(25)29/h5-8,10,16-17H,3-4,9,11-12H2,1-2H3,(H,24,28)/t16-,17?/m0/s1. The van der Waals surface area contributed by atoms with Crippen LogP contribution < -0.4 is 10.9 Å². The first-order valence-corrected chi connectivity index (χ1v) is 10.0. The Bertz CT molecular complexity index is 991. The molecule has 0 aliphatic carbocycles. The number of hydrogen-bond donors (Lipinski definition) is 1. The molecule has 2 atom stereocenters. The number of rotatable bonds is 10. The number of fused-ring (bicyclic) bond motifs is 1. The van der Waals surface area contributed by atoms with E-state index in [-0.39, 0.29) is 13.0 Å². The van der Waals surface area contributed by atoms with Gasteiger partial charge in [-0.3, -0.25) is 19.2 Å². The normalized spacial score (nSPS) is 12.9. The molecule has 0 saturated heterocycles. The molecule has 1 aromatic heterocycles. The van der Waals surface area contributed by atoms with Gasteiger partial charge in [0.1, 0.15) is 18.8 Å². The second-order valence-corrected chi connectivity index (χ2v) is 7.21. The summed E-state index contributed by atoms with van der Waals surface area (Å²) >= 11 is 5.98. The minimum Gasteiger partial charge on any atom is -0.466 e. The number of Topliss-reactive ketones (excluding diaryl/α,β-unsaturated/α-hetero) is 1. The largest absolute Gasteiger partial charge is 0.466 e. The minimum atomic E-state index is -1.37. The summed E-state index contributed by atoms with van der Waals surface area (Å²) in [6.07, 6.45) is 1.82. The van der Waals surface area contributed by atoms with Crippen molar-refractivity contribution >= 4 is 40.0 Å². The van der Waals surface area contributed by atoms with Gasteiger partial charge in [-0.05, 0) is 36.4 Å². The minimum absolute atomic E-state index is 0.163. The highest BCUT2D eigenvalue weighted by molar-refractivity contribution is 6.31. The molecule has 0 radical (unpaired) electrons. The fourth-order valence-electron chi connectivity index (χ4n) is 3.03. The molecule has 30 heavy (non-hydrogen) atoms. The summed E-state index contributed by atoms with van der Waals surface area (Å²) in [5.41, 5.74) is -0.423. The van der Waals surface area contributed by atoms with Crippen LogP contribution in [0.1, 0.15) is 39.2 Å². The molecule has 1 amide bonds. The number of ketones is 1. The van der Waals surface area contributed by atoms with Crippen LogP contribution in [-0.4, -0.2) is 41.6 Å². The lowest BCUT2D eigenvalue weighted by Gasteiger charge is -2.22. The molecule has 7 nitrogen and oxygen atoms in total.